The van der Waals surface area contributed by atoms with E-state index in [9.17, 15) is 14.7 Å². The Morgan fingerprint density at radius 2 is 1.32 bits per heavy atom. The molecule has 0 saturated carbocycles. The molecule has 1 unspecified atom stereocenters. The van der Waals surface area contributed by atoms with E-state index in [0.29, 0.717) is 11.3 Å². The quantitative estimate of drug-likeness (QED) is 0.110. The van der Waals surface area contributed by atoms with Crippen LogP contribution >= 0.6 is 11.8 Å². The van der Waals surface area contributed by atoms with Crippen molar-refractivity contribution in [3.8, 4) is 5.75 Å². The van der Waals surface area contributed by atoms with E-state index in [-0.39, 0.29) is 11.7 Å². The van der Waals surface area contributed by atoms with Crippen molar-refractivity contribution in [2.45, 2.75) is 82.6 Å². The number of benzene rings is 4. The number of carbonyl (C=O) groups is 2. The van der Waals surface area contributed by atoms with Gasteiger partial charge in [0.1, 0.15) is 5.75 Å². The van der Waals surface area contributed by atoms with E-state index >= 15 is 0 Å². The lowest BCUT2D eigenvalue weighted by Gasteiger charge is -2.31. The van der Waals surface area contributed by atoms with Crippen LogP contribution in [0.5, 0.6) is 5.75 Å². The lowest BCUT2D eigenvalue weighted by atomic mass is 10.00. The van der Waals surface area contributed by atoms with E-state index in [4.69, 9.17) is 4.74 Å². The summed E-state index contributed by atoms with van der Waals surface area (Å²) in [4.78, 5) is 26.6. The van der Waals surface area contributed by atoms with Gasteiger partial charge < -0.3 is 15.2 Å². The number of rotatable bonds is 14. The fourth-order valence-electron chi connectivity index (χ4n) is 5.23. The predicted octanol–water partition coefficient (Wildman–Crippen LogP) is 9.09. The number of carboxylic acids is 1. The smallest absolute Gasteiger partial charge is 0.370 e. The first-order chi connectivity index (χ1) is 21.2. The molecule has 0 radical (unpaired) electrons. The van der Waals surface area contributed by atoms with Crippen molar-refractivity contribution < 1.29 is 19.4 Å². The van der Waals surface area contributed by atoms with E-state index < -0.39 is 17.6 Å². The standard InChI is InChI=1S/C38H43NO4S/c1-6-12-28-16-20-30(21-17-28)35(31-22-18-29(13-7-2)19-23-31)44-34-25-24-33(26(4)27(34)5)43-38(8-3,37(41)42)39-36(40)32-14-10-9-11-15-32/h9-11,14-25,35H,6-8,12-13H2,1-5H3,(H,39,40)(H,41,42). The molecule has 0 saturated heterocycles. The Kier molecular flexibility index (Phi) is 11.3. The normalized spacial score (nSPS) is 12.5. The zero-order chi connectivity index (χ0) is 31.7. The van der Waals surface area contributed by atoms with Crippen LogP contribution in [-0.2, 0) is 17.6 Å². The molecule has 0 bridgehead atoms. The Bertz CT molecular complexity index is 1500. The molecule has 0 aliphatic heterocycles. The fraction of sp³-hybridized carbons (Fsp3) is 0.316. The summed E-state index contributed by atoms with van der Waals surface area (Å²) in [6, 6.07) is 30.2. The third-order valence-corrected chi connectivity index (χ3v) is 9.53. The SMILES string of the molecule is CCCc1ccc(C(Sc2ccc(OC(CC)(NC(=O)c3ccccc3)C(=O)O)c(C)c2C)c2ccc(CCC)cc2)cc1. The maximum absolute atomic E-state index is 13.0. The average molecular weight is 610 g/mol. The van der Waals surface area contributed by atoms with Gasteiger partial charge in [0.05, 0.1) is 5.25 Å². The number of carbonyl (C=O) groups excluding carboxylic acids is 1. The summed E-state index contributed by atoms with van der Waals surface area (Å²) < 4.78 is 6.18. The van der Waals surface area contributed by atoms with Gasteiger partial charge in [0.15, 0.2) is 0 Å². The second-order valence-corrected chi connectivity index (χ2v) is 12.3. The Morgan fingerprint density at radius 1 is 0.773 bits per heavy atom. The van der Waals surface area contributed by atoms with E-state index in [2.05, 4.69) is 67.7 Å². The van der Waals surface area contributed by atoms with E-state index in [1.54, 1.807) is 49.0 Å². The maximum atomic E-state index is 13.0. The number of hydrogen-bond acceptors (Lipinski definition) is 4. The van der Waals surface area contributed by atoms with Crippen molar-refractivity contribution in [1.82, 2.24) is 5.32 Å². The Balaban J connectivity index is 1.65. The monoisotopic (exact) mass is 609 g/mol. The van der Waals surface area contributed by atoms with Gasteiger partial charge in [-0.05, 0) is 84.3 Å². The average Bonchev–Trinajstić information content (AvgIpc) is 3.04. The molecule has 4 rings (SSSR count). The summed E-state index contributed by atoms with van der Waals surface area (Å²) in [5.74, 6) is -1.33. The molecule has 2 N–H and O–H groups in total. The van der Waals surface area contributed by atoms with Crippen LogP contribution in [0.3, 0.4) is 0 Å². The molecule has 4 aromatic rings. The summed E-state index contributed by atoms with van der Waals surface area (Å²) >= 11 is 1.78. The highest BCUT2D eigenvalue weighted by Gasteiger charge is 2.42. The van der Waals surface area contributed by atoms with Gasteiger partial charge in [-0.25, -0.2) is 4.79 Å². The summed E-state index contributed by atoms with van der Waals surface area (Å²) in [6.07, 6.45) is 4.39. The van der Waals surface area contributed by atoms with Crippen molar-refractivity contribution >= 4 is 23.6 Å². The van der Waals surface area contributed by atoms with Gasteiger partial charge >= 0.3 is 5.97 Å². The molecule has 1 atom stereocenters. The lowest BCUT2D eigenvalue weighted by Crippen LogP contribution is -2.58. The number of ether oxygens (including phenoxy) is 1. The van der Waals surface area contributed by atoms with Crippen molar-refractivity contribution in [3.05, 3.63) is 130 Å². The number of nitrogens with one attached hydrogen (secondary N) is 1. The number of aryl methyl sites for hydroxylation is 2. The van der Waals surface area contributed by atoms with Crippen LogP contribution in [0.25, 0.3) is 0 Å². The molecule has 0 aliphatic carbocycles. The van der Waals surface area contributed by atoms with Crippen LogP contribution in [0.4, 0.5) is 0 Å². The predicted molar refractivity (Wildman–Crippen MR) is 180 cm³/mol. The van der Waals surface area contributed by atoms with Crippen molar-refractivity contribution in [3.63, 3.8) is 0 Å². The molecule has 0 heterocycles. The van der Waals surface area contributed by atoms with Crippen LogP contribution in [0.15, 0.2) is 95.9 Å². The van der Waals surface area contributed by atoms with Gasteiger partial charge in [-0.1, -0.05) is 100 Å². The highest BCUT2D eigenvalue weighted by Crippen LogP contribution is 2.44. The second-order valence-electron chi connectivity index (χ2n) is 11.2. The van der Waals surface area contributed by atoms with Gasteiger partial charge in [0, 0.05) is 16.9 Å². The zero-order valence-corrected chi connectivity index (χ0v) is 27.2. The first-order valence-corrected chi connectivity index (χ1v) is 16.3. The van der Waals surface area contributed by atoms with Gasteiger partial charge in [-0.2, -0.15) is 0 Å². The fourth-order valence-corrected chi connectivity index (χ4v) is 6.54. The highest BCUT2D eigenvalue weighted by atomic mass is 32.2. The van der Waals surface area contributed by atoms with E-state index in [1.807, 2.05) is 26.0 Å². The number of thioether (sulfide) groups is 1. The van der Waals surface area contributed by atoms with Crippen LogP contribution in [-0.4, -0.2) is 22.7 Å². The van der Waals surface area contributed by atoms with Crippen LogP contribution in [0, 0.1) is 13.8 Å². The first kappa shape index (κ1) is 32.9. The van der Waals surface area contributed by atoms with Crippen LogP contribution in [0.2, 0.25) is 0 Å². The maximum Gasteiger partial charge on any atom is 0.370 e. The number of carboxylic acid groups (broad SMARTS) is 1. The van der Waals surface area contributed by atoms with Crippen molar-refractivity contribution in [1.29, 1.82) is 0 Å². The van der Waals surface area contributed by atoms with Crippen LogP contribution < -0.4 is 10.1 Å². The molecule has 230 valence electrons. The molecule has 4 aromatic carbocycles. The molecule has 1 amide bonds. The Morgan fingerprint density at radius 3 is 1.80 bits per heavy atom. The van der Waals surface area contributed by atoms with Gasteiger partial charge in [0.25, 0.3) is 11.6 Å². The van der Waals surface area contributed by atoms with Crippen molar-refractivity contribution in [2.75, 3.05) is 0 Å². The summed E-state index contributed by atoms with van der Waals surface area (Å²) in [5.41, 5.74) is 5.43. The minimum Gasteiger partial charge on any atom is -0.477 e. The van der Waals surface area contributed by atoms with E-state index in [1.165, 1.54) is 22.3 Å². The zero-order valence-electron chi connectivity index (χ0n) is 26.4. The minimum atomic E-state index is -1.91. The molecular weight excluding hydrogens is 566 g/mol. The molecule has 0 aliphatic rings. The summed E-state index contributed by atoms with van der Waals surface area (Å²) in [7, 11) is 0. The summed E-state index contributed by atoms with van der Waals surface area (Å²) in [6.45, 7) is 10.0. The van der Waals surface area contributed by atoms with E-state index in [0.717, 1.165) is 41.7 Å². The number of amides is 1. The molecular formula is C38H43NO4S. The van der Waals surface area contributed by atoms with Gasteiger partial charge in [0.2, 0.25) is 0 Å². The Hall–Kier alpha value is -4.03. The number of hydrogen-bond donors (Lipinski definition) is 2. The molecule has 6 heteroatoms. The third kappa shape index (κ3) is 7.72. The van der Waals surface area contributed by atoms with Crippen molar-refractivity contribution in [2.24, 2.45) is 0 Å². The molecule has 0 fully saturated rings. The second kappa shape index (κ2) is 15.1. The van der Waals surface area contributed by atoms with Crippen LogP contribution in [0.1, 0.15) is 89.0 Å². The lowest BCUT2D eigenvalue weighted by molar-refractivity contribution is -0.158. The third-order valence-electron chi connectivity index (χ3n) is 8.05. The van der Waals surface area contributed by atoms with Gasteiger partial charge in [-0.3, -0.25) is 4.79 Å². The largest absolute Gasteiger partial charge is 0.477 e. The highest BCUT2D eigenvalue weighted by molar-refractivity contribution is 7.99. The van der Waals surface area contributed by atoms with Gasteiger partial charge in [-0.15, -0.1) is 11.8 Å². The molecule has 5 nitrogen and oxygen atoms in total. The first-order valence-electron chi connectivity index (χ1n) is 15.5. The Labute approximate surface area is 266 Å². The molecule has 44 heavy (non-hydrogen) atoms. The molecule has 0 spiro atoms. The number of aliphatic carboxylic acids is 1. The minimum absolute atomic E-state index is 0.0417. The topological polar surface area (TPSA) is 75.6 Å². The summed E-state index contributed by atoms with van der Waals surface area (Å²) in [5, 5.41) is 12.9. The molecule has 0 aromatic heterocycles.